The summed E-state index contributed by atoms with van der Waals surface area (Å²) < 4.78 is 0. The lowest BCUT2D eigenvalue weighted by atomic mass is 9.78. The Morgan fingerprint density at radius 1 is 1.07 bits per heavy atom. The SMILES string of the molecule is CCCCC1=NN(C(=O)NCc2ccccc2)C(C)(C)C1c1ccccc1. The van der Waals surface area contributed by atoms with Crippen LogP contribution in [0.2, 0.25) is 0 Å². The van der Waals surface area contributed by atoms with E-state index in [1.807, 2.05) is 36.4 Å². The second kappa shape index (κ2) is 8.38. The van der Waals surface area contributed by atoms with E-state index in [0.29, 0.717) is 6.54 Å². The van der Waals surface area contributed by atoms with Crippen LogP contribution in [0.3, 0.4) is 0 Å². The van der Waals surface area contributed by atoms with Crippen LogP contribution < -0.4 is 5.32 Å². The van der Waals surface area contributed by atoms with Gasteiger partial charge in [0.2, 0.25) is 0 Å². The van der Waals surface area contributed by atoms with Crippen molar-refractivity contribution < 1.29 is 4.79 Å². The second-order valence-corrected chi connectivity index (χ2v) is 7.65. The van der Waals surface area contributed by atoms with Gasteiger partial charge in [0.15, 0.2) is 0 Å². The van der Waals surface area contributed by atoms with E-state index < -0.39 is 5.54 Å². The van der Waals surface area contributed by atoms with Gasteiger partial charge in [0.1, 0.15) is 0 Å². The number of hydrogen-bond donors (Lipinski definition) is 1. The van der Waals surface area contributed by atoms with Gasteiger partial charge in [-0.3, -0.25) is 0 Å². The molecule has 1 N–H and O–H groups in total. The molecule has 0 saturated carbocycles. The van der Waals surface area contributed by atoms with Crippen LogP contribution >= 0.6 is 0 Å². The van der Waals surface area contributed by atoms with E-state index in [2.05, 4.69) is 50.4 Å². The van der Waals surface area contributed by atoms with Gasteiger partial charge in [-0.25, -0.2) is 9.80 Å². The molecular weight excluding hydrogens is 334 g/mol. The van der Waals surface area contributed by atoms with Crippen LogP contribution in [0.25, 0.3) is 0 Å². The van der Waals surface area contributed by atoms with Crippen LogP contribution in [0.4, 0.5) is 4.79 Å². The van der Waals surface area contributed by atoms with Gasteiger partial charge >= 0.3 is 6.03 Å². The van der Waals surface area contributed by atoms with Crippen molar-refractivity contribution in [3.05, 3.63) is 71.8 Å². The lowest BCUT2D eigenvalue weighted by Gasteiger charge is -2.34. The van der Waals surface area contributed by atoms with Gasteiger partial charge in [-0.1, -0.05) is 74.0 Å². The maximum atomic E-state index is 12.9. The number of nitrogens with one attached hydrogen (secondary N) is 1. The molecule has 0 radical (unpaired) electrons. The Bertz CT molecular complexity index is 784. The van der Waals surface area contributed by atoms with Gasteiger partial charge < -0.3 is 5.32 Å². The summed E-state index contributed by atoms with van der Waals surface area (Å²) in [5.41, 5.74) is 2.99. The summed E-state index contributed by atoms with van der Waals surface area (Å²) in [7, 11) is 0. The van der Waals surface area contributed by atoms with E-state index >= 15 is 0 Å². The maximum Gasteiger partial charge on any atom is 0.338 e. The van der Waals surface area contributed by atoms with Crippen LogP contribution in [0.1, 0.15) is 57.1 Å². The van der Waals surface area contributed by atoms with E-state index in [4.69, 9.17) is 5.10 Å². The fourth-order valence-corrected chi connectivity index (χ4v) is 3.80. The van der Waals surface area contributed by atoms with Crippen LogP contribution in [0, 0.1) is 0 Å². The van der Waals surface area contributed by atoms with Gasteiger partial charge in [-0.2, -0.15) is 5.10 Å². The van der Waals surface area contributed by atoms with Crippen molar-refractivity contribution >= 4 is 11.7 Å². The highest BCUT2D eigenvalue weighted by molar-refractivity contribution is 5.96. The smallest absolute Gasteiger partial charge is 0.332 e. The monoisotopic (exact) mass is 363 g/mol. The van der Waals surface area contributed by atoms with Crippen molar-refractivity contribution in [3.63, 3.8) is 0 Å². The Morgan fingerprint density at radius 3 is 2.33 bits per heavy atom. The molecule has 142 valence electrons. The van der Waals surface area contributed by atoms with Gasteiger partial charge in [0.05, 0.1) is 5.54 Å². The van der Waals surface area contributed by atoms with Crippen LogP contribution in [0.5, 0.6) is 0 Å². The molecule has 4 heteroatoms. The number of unbranched alkanes of at least 4 members (excludes halogenated alkanes) is 1. The molecule has 1 unspecified atom stereocenters. The van der Waals surface area contributed by atoms with Crippen molar-refractivity contribution in [2.45, 2.75) is 58.0 Å². The molecule has 2 aromatic carbocycles. The number of hydrazone groups is 1. The third-order valence-electron chi connectivity index (χ3n) is 5.21. The van der Waals surface area contributed by atoms with E-state index in [0.717, 1.165) is 30.5 Å². The largest absolute Gasteiger partial charge is 0.338 e. The summed E-state index contributed by atoms with van der Waals surface area (Å²) in [5.74, 6) is 0.118. The fraction of sp³-hybridized carbons (Fsp3) is 0.391. The number of amides is 2. The second-order valence-electron chi connectivity index (χ2n) is 7.65. The summed E-state index contributed by atoms with van der Waals surface area (Å²) in [6, 6.07) is 20.2. The number of carbonyl (C=O) groups is 1. The molecule has 0 aliphatic carbocycles. The number of urea groups is 1. The Morgan fingerprint density at radius 2 is 1.70 bits per heavy atom. The highest BCUT2D eigenvalue weighted by Crippen LogP contribution is 2.41. The molecular formula is C23H29N3O. The predicted molar refractivity (Wildman–Crippen MR) is 111 cm³/mol. The molecule has 0 fully saturated rings. The first-order chi connectivity index (χ1) is 13.0. The summed E-state index contributed by atoms with van der Waals surface area (Å²) in [5, 5.41) is 9.46. The molecule has 2 aromatic rings. The molecule has 1 aliphatic rings. The average Bonchev–Trinajstić information content (AvgIpc) is 2.96. The first-order valence-corrected chi connectivity index (χ1v) is 9.78. The molecule has 1 heterocycles. The molecule has 0 saturated heterocycles. The van der Waals surface area contributed by atoms with Crippen molar-refractivity contribution in [1.29, 1.82) is 0 Å². The summed E-state index contributed by atoms with van der Waals surface area (Å²) in [6.45, 7) is 6.90. The third kappa shape index (κ3) is 4.21. The lowest BCUT2D eigenvalue weighted by molar-refractivity contribution is 0.146. The van der Waals surface area contributed by atoms with E-state index in [1.165, 1.54) is 5.56 Å². The van der Waals surface area contributed by atoms with Crippen LogP contribution in [0.15, 0.2) is 65.8 Å². The topological polar surface area (TPSA) is 44.7 Å². The molecule has 2 amide bonds. The van der Waals surface area contributed by atoms with Crippen molar-refractivity contribution in [2.75, 3.05) is 0 Å². The fourth-order valence-electron chi connectivity index (χ4n) is 3.80. The molecule has 27 heavy (non-hydrogen) atoms. The minimum atomic E-state index is -0.412. The molecule has 1 atom stereocenters. The Kier molecular flexibility index (Phi) is 5.94. The predicted octanol–water partition coefficient (Wildman–Crippen LogP) is 5.32. The standard InChI is InChI=1S/C23H29N3O/c1-4-5-16-20-21(19-14-10-7-11-15-19)23(2,3)26(25-20)22(27)24-17-18-12-8-6-9-13-18/h6-15,21H,4-5,16-17H2,1-3H3,(H,24,27). The van der Waals surface area contributed by atoms with E-state index in [1.54, 1.807) is 5.01 Å². The zero-order chi connectivity index (χ0) is 19.3. The van der Waals surface area contributed by atoms with Gasteiger partial charge in [-0.05, 0) is 37.8 Å². The summed E-state index contributed by atoms with van der Waals surface area (Å²) >= 11 is 0. The number of rotatable bonds is 6. The molecule has 3 rings (SSSR count). The quantitative estimate of drug-likeness (QED) is 0.741. The first kappa shape index (κ1) is 19.2. The average molecular weight is 364 g/mol. The zero-order valence-corrected chi connectivity index (χ0v) is 16.5. The Labute approximate surface area is 162 Å². The molecule has 0 bridgehead atoms. The third-order valence-corrected chi connectivity index (χ3v) is 5.21. The summed E-state index contributed by atoms with van der Waals surface area (Å²) in [6.07, 6.45) is 3.11. The van der Waals surface area contributed by atoms with Crippen molar-refractivity contribution in [3.8, 4) is 0 Å². The number of hydrogen-bond acceptors (Lipinski definition) is 2. The van der Waals surface area contributed by atoms with Gasteiger partial charge in [0, 0.05) is 18.2 Å². The molecule has 1 aliphatic heterocycles. The molecule has 4 nitrogen and oxygen atoms in total. The lowest BCUT2D eigenvalue weighted by Crippen LogP contribution is -2.49. The van der Waals surface area contributed by atoms with E-state index in [9.17, 15) is 4.79 Å². The zero-order valence-electron chi connectivity index (χ0n) is 16.5. The maximum absolute atomic E-state index is 12.9. The molecule has 0 spiro atoms. The normalized spacial score (nSPS) is 18.3. The Hall–Kier alpha value is -2.62. The molecule has 0 aromatic heterocycles. The highest BCUT2D eigenvalue weighted by atomic mass is 16.2. The highest BCUT2D eigenvalue weighted by Gasteiger charge is 2.47. The van der Waals surface area contributed by atoms with Crippen molar-refractivity contribution in [2.24, 2.45) is 5.10 Å². The van der Waals surface area contributed by atoms with Crippen LogP contribution in [-0.2, 0) is 6.54 Å². The van der Waals surface area contributed by atoms with Crippen LogP contribution in [-0.4, -0.2) is 22.3 Å². The van der Waals surface area contributed by atoms with E-state index in [-0.39, 0.29) is 11.9 Å². The van der Waals surface area contributed by atoms with Gasteiger partial charge in [-0.15, -0.1) is 0 Å². The first-order valence-electron chi connectivity index (χ1n) is 9.78. The number of carbonyl (C=O) groups excluding carboxylic acids is 1. The Balaban J connectivity index is 1.81. The number of benzene rings is 2. The minimum Gasteiger partial charge on any atom is -0.332 e. The van der Waals surface area contributed by atoms with Gasteiger partial charge in [0.25, 0.3) is 0 Å². The minimum absolute atomic E-state index is 0.118. The van der Waals surface area contributed by atoms with Crippen molar-refractivity contribution in [1.82, 2.24) is 10.3 Å². The number of nitrogens with zero attached hydrogens (tertiary/aromatic N) is 2. The summed E-state index contributed by atoms with van der Waals surface area (Å²) in [4.78, 5) is 12.9.